The standard InChI is InChI=1S/C54H101N7O10/c1-11-15-18-20-31-70-47(65)36-41(37-52(5,6)44(62)33-40(14-4)51(69)71-32-21-19-16-12-2)48(66)54(9,10)39-42(49(67)61-30-28-58-26-23-56)34-45(63)53(7,8)38-43(50(68)60-24-17-13-3)35-46(64)59-29-27-57-25-22-55/h40-43,57-58H,11-39,55-56H2,1-10H3,(H,59,64)(H,60,68)(H,61,67). The summed E-state index contributed by atoms with van der Waals surface area (Å²) in [6.45, 7) is 22.6. The van der Waals surface area contributed by atoms with E-state index in [4.69, 9.17) is 20.9 Å². The predicted octanol–water partition coefficient (Wildman–Crippen LogP) is 5.87. The molecule has 0 aromatic carbocycles. The zero-order chi connectivity index (χ0) is 53.9. The Bertz CT molecular complexity index is 1590. The average molecular weight is 1010 g/mol. The lowest BCUT2D eigenvalue weighted by atomic mass is 9.67. The van der Waals surface area contributed by atoms with Gasteiger partial charge >= 0.3 is 11.9 Å². The number of ketones is 3. The van der Waals surface area contributed by atoms with E-state index in [2.05, 4.69) is 40.4 Å². The van der Waals surface area contributed by atoms with E-state index in [-0.39, 0.29) is 93.9 Å². The van der Waals surface area contributed by atoms with Gasteiger partial charge < -0.3 is 47.5 Å². The van der Waals surface area contributed by atoms with Crippen molar-refractivity contribution < 1.29 is 47.8 Å². The van der Waals surface area contributed by atoms with Gasteiger partial charge in [0.25, 0.3) is 0 Å². The number of amides is 3. The first-order valence-electron chi connectivity index (χ1n) is 27.1. The second-order valence-corrected chi connectivity index (χ2v) is 21.4. The molecule has 0 aromatic heterocycles. The Balaban J connectivity index is 6.81. The van der Waals surface area contributed by atoms with Gasteiger partial charge in [0.15, 0.2) is 0 Å². The smallest absolute Gasteiger partial charge is 0.309 e. The molecular formula is C54H101N7O10. The number of Topliss-reactive ketones (excluding diaryl/α,β-unsaturated/α-hetero) is 3. The van der Waals surface area contributed by atoms with Gasteiger partial charge in [0.05, 0.1) is 25.6 Å². The van der Waals surface area contributed by atoms with Crippen molar-refractivity contribution in [2.45, 2.75) is 185 Å². The molecule has 0 saturated heterocycles. The first kappa shape index (κ1) is 67.2. The molecule has 0 radical (unpaired) electrons. The maximum Gasteiger partial charge on any atom is 0.309 e. The lowest BCUT2D eigenvalue weighted by Crippen LogP contribution is -2.44. The van der Waals surface area contributed by atoms with Crippen LogP contribution in [-0.2, 0) is 47.8 Å². The van der Waals surface area contributed by atoms with Gasteiger partial charge in [-0.25, -0.2) is 0 Å². The lowest BCUT2D eigenvalue weighted by molar-refractivity contribution is -0.152. The second-order valence-electron chi connectivity index (χ2n) is 21.4. The van der Waals surface area contributed by atoms with Crippen LogP contribution < -0.4 is 38.1 Å². The molecule has 412 valence electrons. The van der Waals surface area contributed by atoms with E-state index in [0.717, 1.165) is 57.8 Å². The van der Waals surface area contributed by atoms with Crippen molar-refractivity contribution >= 4 is 47.0 Å². The molecule has 0 fully saturated rings. The number of hydrogen-bond acceptors (Lipinski definition) is 14. The molecule has 0 aromatic rings. The van der Waals surface area contributed by atoms with Crippen LogP contribution in [0.3, 0.4) is 0 Å². The van der Waals surface area contributed by atoms with E-state index >= 15 is 4.79 Å². The molecular weight excluding hydrogens is 907 g/mol. The lowest BCUT2D eigenvalue weighted by Gasteiger charge is -2.35. The van der Waals surface area contributed by atoms with Crippen LogP contribution in [0.4, 0.5) is 0 Å². The molecule has 0 rings (SSSR count). The molecule has 17 nitrogen and oxygen atoms in total. The largest absolute Gasteiger partial charge is 0.466 e. The highest BCUT2D eigenvalue weighted by Gasteiger charge is 2.44. The normalized spacial score (nSPS) is 13.6. The first-order valence-corrected chi connectivity index (χ1v) is 27.1. The van der Waals surface area contributed by atoms with E-state index in [1.165, 1.54) is 0 Å². The van der Waals surface area contributed by atoms with E-state index in [1.54, 1.807) is 41.5 Å². The topological polar surface area (TPSA) is 267 Å². The molecule has 4 atom stereocenters. The molecule has 0 heterocycles. The predicted molar refractivity (Wildman–Crippen MR) is 281 cm³/mol. The van der Waals surface area contributed by atoms with Crippen LogP contribution >= 0.6 is 0 Å². The Labute approximate surface area is 428 Å². The summed E-state index contributed by atoms with van der Waals surface area (Å²) in [5.74, 6) is -6.52. The molecule has 9 N–H and O–H groups in total. The number of esters is 2. The third kappa shape index (κ3) is 29.5. The number of carbonyl (C=O) groups is 8. The number of nitrogens with two attached hydrogens (primary N) is 2. The number of nitrogens with one attached hydrogen (secondary N) is 5. The van der Waals surface area contributed by atoms with Crippen molar-refractivity contribution in [1.29, 1.82) is 0 Å². The summed E-state index contributed by atoms with van der Waals surface area (Å²) in [5.41, 5.74) is 7.59. The highest BCUT2D eigenvalue weighted by atomic mass is 16.5. The van der Waals surface area contributed by atoms with Crippen molar-refractivity contribution in [3.8, 4) is 0 Å². The summed E-state index contributed by atoms with van der Waals surface area (Å²) < 4.78 is 11.2. The minimum atomic E-state index is -1.29. The van der Waals surface area contributed by atoms with Crippen LogP contribution in [0.5, 0.6) is 0 Å². The minimum Gasteiger partial charge on any atom is -0.466 e. The molecule has 0 saturated carbocycles. The van der Waals surface area contributed by atoms with Crippen molar-refractivity contribution in [3.05, 3.63) is 0 Å². The van der Waals surface area contributed by atoms with E-state index in [0.29, 0.717) is 65.2 Å². The van der Waals surface area contributed by atoms with E-state index in [1.807, 2.05) is 13.8 Å². The van der Waals surface area contributed by atoms with Crippen molar-refractivity contribution in [2.24, 2.45) is 51.4 Å². The Morgan fingerprint density at radius 3 is 1.41 bits per heavy atom. The molecule has 17 heteroatoms. The molecule has 0 aliphatic rings. The van der Waals surface area contributed by atoms with Gasteiger partial charge in [-0.05, 0) is 44.9 Å². The zero-order valence-corrected chi connectivity index (χ0v) is 46.1. The summed E-state index contributed by atoms with van der Waals surface area (Å²) in [6.07, 6.45) is 8.51. The van der Waals surface area contributed by atoms with E-state index < -0.39 is 57.8 Å². The summed E-state index contributed by atoms with van der Waals surface area (Å²) in [7, 11) is 0. The summed E-state index contributed by atoms with van der Waals surface area (Å²) >= 11 is 0. The van der Waals surface area contributed by atoms with Gasteiger partial charge in [-0.2, -0.15) is 0 Å². The zero-order valence-electron chi connectivity index (χ0n) is 46.1. The van der Waals surface area contributed by atoms with Gasteiger partial charge in [-0.1, -0.05) is 114 Å². The number of carbonyl (C=O) groups excluding carboxylic acids is 8. The molecule has 0 bridgehead atoms. The molecule has 0 spiro atoms. The quantitative estimate of drug-likeness (QED) is 0.0278. The third-order valence-electron chi connectivity index (χ3n) is 13.3. The fraction of sp³-hybridized carbons (Fsp3) is 0.852. The first-order chi connectivity index (χ1) is 33.6. The summed E-state index contributed by atoms with van der Waals surface area (Å²) in [5, 5.41) is 14.9. The Morgan fingerprint density at radius 2 is 0.901 bits per heavy atom. The van der Waals surface area contributed by atoms with Crippen molar-refractivity contribution in [2.75, 3.05) is 72.1 Å². The number of ether oxygens (including phenoxy) is 2. The number of rotatable bonds is 45. The Hall–Kier alpha value is -3.80. The van der Waals surface area contributed by atoms with Crippen LogP contribution in [0.25, 0.3) is 0 Å². The van der Waals surface area contributed by atoms with Gasteiger partial charge in [-0.15, -0.1) is 0 Å². The Kier molecular flexibility index (Phi) is 35.8. The van der Waals surface area contributed by atoms with Crippen molar-refractivity contribution in [3.63, 3.8) is 0 Å². The van der Waals surface area contributed by atoms with Gasteiger partial charge in [0, 0.05) is 112 Å². The molecule has 3 amide bonds. The summed E-state index contributed by atoms with van der Waals surface area (Å²) in [4.78, 5) is 111. The van der Waals surface area contributed by atoms with Crippen LogP contribution in [0.15, 0.2) is 0 Å². The van der Waals surface area contributed by atoms with Gasteiger partial charge in [0.1, 0.15) is 17.3 Å². The van der Waals surface area contributed by atoms with Crippen LogP contribution in [0.1, 0.15) is 185 Å². The maximum absolute atomic E-state index is 15.0. The van der Waals surface area contributed by atoms with E-state index in [9.17, 15) is 33.6 Å². The third-order valence-corrected chi connectivity index (χ3v) is 13.3. The van der Waals surface area contributed by atoms with Crippen LogP contribution in [0.2, 0.25) is 0 Å². The molecule has 4 unspecified atom stereocenters. The summed E-state index contributed by atoms with van der Waals surface area (Å²) in [6, 6.07) is 0. The molecule has 0 aliphatic carbocycles. The van der Waals surface area contributed by atoms with Gasteiger partial charge in [0.2, 0.25) is 17.7 Å². The minimum absolute atomic E-state index is 0.0172. The van der Waals surface area contributed by atoms with Crippen LogP contribution in [-0.4, -0.2) is 119 Å². The Morgan fingerprint density at radius 1 is 0.451 bits per heavy atom. The number of unbranched alkanes of at least 4 members (excludes halogenated alkanes) is 7. The molecule has 0 aliphatic heterocycles. The van der Waals surface area contributed by atoms with Crippen LogP contribution in [0, 0.1) is 39.9 Å². The fourth-order valence-corrected chi connectivity index (χ4v) is 8.68. The number of hydrogen-bond donors (Lipinski definition) is 7. The average Bonchev–Trinajstić information content (AvgIpc) is 3.31. The second kappa shape index (κ2) is 37.9. The van der Waals surface area contributed by atoms with Gasteiger partial charge in [-0.3, -0.25) is 38.4 Å². The van der Waals surface area contributed by atoms with Crippen molar-refractivity contribution in [1.82, 2.24) is 26.6 Å². The fourth-order valence-electron chi connectivity index (χ4n) is 8.68. The highest BCUT2D eigenvalue weighted by molar-refractivity contribution is 5.94. The SMILES string of the molecule is CCCCCCOC(=O)CC(CC(C)(C)C(=O)CC(CC)C(=O)OCCCCCC)C(=O)C(C)(C)CC(CC(=O)C(C)(C)CC(CC(=O)NCCNCCN)C(=O)NCCCC)C(=O)NCCNCCN. The monoisotopic (exact) mass is 1010 g/mol. The maximum atomic E-state index is 15.0. The highest BCUT2D eigenvalue weighted by Crippen LogP contribution is 2.40. The molecule has 71 heavy (non-hydrogen) atoms.